The van der Waals surface area contributed by atoms with Crippen LogP contribution in [0.1, 0.15) is 0 Å². The molecule has 1 atom stereocenters. The first-order valence-corrected chi connectivity index (χ1v) is 5.13. The molecule has 1 fully saturated rings. The van der Waals surface area contributed by atoms with Gasteiger partial charge in [-0.3, -0.25) is 0 Å². The summed E-state index contributed by atoms with van der Waals surface area (Å²) in [5.74, 6) is -0.147. The highest BCUT2D eigenvalue weighted by molar-refractivity contribution is 5.37. The van der Waals surface area contributed by atoms with E-state index in [2.05, 4.69) is 9.97 Å². The SMILES string of the molecule is CN(CC1COCCO1)c1ncncc1F. The second-order valence-corrected chi connectivity index (χ2v) is 3.64. The molecular weight excluding hydrogens is 213 g/mol. The lowest BCUT2D eigenvalue weighted by Gasteiger charge is -2.27. The molecule has 2 rings (SSSR count). The Morgan fingerprint density at radius 3 is 3.12 bits per heavy atom. The topological polar surface area (TPSA) is 47.5 Å². The number of nitrogens with zero attached hydrogens (tertiary/aromatic N) is 3. The van der Waals surface area contributed by atoms with Crippen LogP contribution in [0.15, 0.2) is 12.5 Å². The number of halogens is 1. The van der Waals surface area contributed by atoms with Gasteiger partial charge in [0.25, 0.3) is 0 Å². The molecule has 0 amide bonds. The van der Waals surface area contributed by atoms with Crippen LogP contribution >= 0.6 is 0 Å². The van der Waals surface area contributed by atoms with Crippen molar-refractivity contribution in [3.8, 4) is 0 Å². The molecule has 0 spiro atoms. The summed E-state index contributed by atoms with van der Waals surface area (Å²) in [4.78, 5) is 9.20. The summed E-state index contributed by atoms with van der Waals surface area (Å²) in [6.45, 7) is 2.30. The van der Waals surface area contributed by atoms with E-state index in [-0.39, 0.29) is 11.9 Å². The summed E-state index contributed by atoms with van der Waals surface area (Å²) in [6.07, 6.45) is 2.44. The Kier molecular flexibility index (Phi) is 3.63. The minimum absolute atomic E-state index is 0.0342. The van der Waals surface area contributed by atoms with Gasteiger partial charge < -0.3 is 14.4 Å². The molecular formula is C10H14FN3O2. The fourth-order valence-electron chi connectivity index (χ4n) is 1.62. The smallest absolute Gasteiger partial charge is 0.183 e. The van der Waals surface area contributed by atoms with Crippen molar-refractivity contribution in [3.63, 3.8) is 0 Å². The van der Waals surface area contributed by atoms with Crippen molar-refractivity contribution >= 4 is 5.82 Å². The van der Waals surface area contributed by atoms with Crippen molar-refractivity contribution in [2.24, 2.45) is 0 Å². The number of hydrogen-bond donors (Lipinski definition) is 0. The summed E-state index contributed by atoms with van der Waals surface area (Å²) in [7, 11) is 1.77. The van der Waals surface area contributed by atoms with E-state index in [1.54, 1.807) is 11.9 Å². The van der Waals surface area contributed by atoms with Gasteiger partial charge in [0.15, 0.2) is 11.6 Å². The Morgan fingerprint density at radius 2 is 2.44 bits per heavy atom. The average Bonchev–Trinajstić information content (AvgIpc) is 2.31. The standard InChI is InChI=1S/C10H14FN3O2/c1-14(5-8-6-15-2-3-16-8)10-9(11)4-12-7-13-10/h4,7-8H,2-3,5-6H2,1H3. The van der Waals surface area contributed by atoms with Crippen LogP contribution in [0.2, 0.25) is 0 Å². The van der Waals surface area contributed by atoms with Crippen molar-refractivity contribution < 1.29 is 13.9 Å². The number of rotatable bonds is 3. The molecule has 88 valence electrons. The van der Waals surface area contributed by atoms with E-state index in [0.29, 0.717) is 26.4 Å². The lowest BCUT2D eigenvalue weighted by molar-refractivity contribution is -0.0837. The highest BCUT2D eigenvalue weighted by atomic mass is 19.1. The highest BCUT2D eigenvalue weighted by Gasteiger charge is 2.18. The molecule has 1 aromatic rings. The third-order valence-corrected chi connectivity index (χ3v) is 2.37. The molecule has 0 saturated carbocycles. The van der Waals surface area contributed by atoms with Crippen LogP contribution in [-0.2, 0) is 9.47 Å². The third kappa shape index (κ3) is 2.65. The van der Waals surface area contributed by atoms with E-state index in [4.69, 9.17) is 9.47 Å². The average molecular weight is 227 g/mol. The van der Waals surface area contributed by atoms with Crippen molar-refractivity contribution in [3.05, 3.63) is 18.3 Å². The lowest BCUT2D eigenvalue weighted by Crippen LogP contribution is -2.39. The summed E-state index contributed by atoms with van der Waals surface area (Å²) in [5, 5.41) is 0. The van der Waals surface area contributed by atoms with E-state index in [0.717, 1.165) is 6.20 Å². The first-order valence-electron chi connectivity index (χ1n) is 5.13. The Labute approximate surface area is 93.2 Å². The maximum atomic E-state index is 13.4. The number of aromatic nitrogens is 2. The van der Waals surface area contributed by atoms with Gasteiger partial charge in [-0.25, -0.2) is 14.4 Å². The van der Waals surface area contributed by atoms with E-state index in [1.807, 2.05) is 0 Å². The van der Waals surface area contributed by atoms with Crippen LogP contribution in [0, 0.1) is 5.82 Å². The molecule has 1 unspecified atom stereocenters. The molecule has 1 saturated heterocycles. The third-order valence-electron chi connectivity index (χ3n) is 2.37. The summed E-state index contributed by atoms with van der Waals surface area (Å²) >= 11 is 0. The van der Waals surface area contributed by atoms with E-state index in [1.165, 1.54) is 6.33 Å². The first-order chi connectivity index (χ1) is 7.77. The van der Waals surface area contributed by atoms with Crippen LogP contribution in [0.3, 0.4) is 0 Å². The fourth-order valence-corrected chi connectivity index (χ4v) is 1.62. The zero-order valence-electron chi connectivity index (χ0n) is 9.10. The van der Waals surface area contributed by atoms with Crippen LogP contribution in [0.4, 0.5) is 10.2 Å². The molecule has 0 N–H and O–H groups in total. The number of ether oxygens (including phenoxy) is 2. The van der Waals surface area contributed by atoms with Crippen molar-refractivity contribution in [1.82, 2.24) is 9.97 Å². The minimum atomic E-state index is -0.429. The predicted molar refractivity (Wildman–Crippen MR) is 55.8 cm³/mol. The van der Waals surface area contributed by atoms with Gasteiger partial charge in [0.1, 0.15) is 6.33 Å². The Morgan fingerprint density at radius 1 is 1.56 bits per heavy atom. The van der Waals surface area contributed by atoms with Gasteiger partial charge in [-0.1, -0.05) is 0 Å². The molecule has 16 heavy (non-hydrogen) atoms. The zero-order valence-corrected chi connectivity index (χ0v) is 9.10. The number of hydrogen-bond acceptors (Lipinski definition) is 5. The quantitative estimate of drug-likeness (QED) is 0.751. The second kappa shape index (κ2) is 5.18. The molecule has 6 heteroatoms. The van der Waals surface area contributed by atoms with E-state index >= 15 is 0 Å². The highest BCUT2D eigenvalue weighted by Crippen LogP contribution is 2.13. The maximum absolute atomic E-state index is 13.4. The number of likely N-dealkylation sites (N-methyl/N-ethyl adjacent to an activating group) is 1. The Hall–Kier alpha value is -1.27. The van der Waals surface area contributed by atoms with Crippen LogP contribution in [-0.4, -0.2) is 49.5 Å². The van der Waals surface area contributed by atoms with Gasteiger partial charge in [0, 0.05) is 13.6 Å². The van der Waals surface area contributed by atoms with Gasteiger partial charge in [-0.15, -0.1) is 0 Å². The van der Waals surface area contributed by atoms with Crippen molar-refractivity contribution in [2.75, 3.05) is 38.3 Å². The largest absolute Gasteiger partial charge is 0.376 e. The lowest BCUT2D eigenvalue weighted by atomic mass is 10.3. The predicted octanol–water partition coefficient (Wildman–Crippen LogP) is 0.467. The molecule has 2 heterocycles. The summed E-state index contributed by atoms with van der Waals surface area (Å²) < 4.78 is 24.1. The molecule has 0 radical (unpaired) electrons. The van der Waals surface area contributed by atoms with E-state index < -0.39 is 5.82 Å². The molecule has 0 aliphatic carbocycles. The van der Waals surface area contributed by atoms with Gasteiger partial charge >= 0.3 is 0 Å². The van der Waals surface area contributed by atoms with Crippen LogP contribution in [0.25, 0.3) is 0 Å². The molecule has 1 aromatic heterocycles. The maximum Gasteiger partial charge on any atom is 0.183 e. The Balaban J connectivity index is 1.96. The van der Waals surface area contributed by atoms with Gasteiger partial charge in [-0.2, -0.15) is 0 Å². The van der Waals surface area contributed by atoms with E-state index in [9.17, 15) is 4.39 Å². The van der Waals surface area contributed by atoms with Gasteiger partial charge in [0.05, 0.1) is 32.1 Å². The fraction of sp³-hybridized carbons (Fsp3) is 0.600. The van der Waals surface area contributed by atoms with Gasteiger partial charge in [-0.05, 0) is 0 Å². The van der Waals surface area contributed by atoms with Crippen LogP contribution < -0.4 is 4.90 Å². The minimum Gasteiger partial charge on any atom is -0.376 e. The van der Waals surface area contributed by atoms with Crippen molar-refractivity contribution in [1.29, 1.82) is 0 Å². The summed E-state index contributed by atoms with van der Waals surface area (Å²) in [5.41, 5.74) is 0. The molecule has 1 aliphatic rings. The van der Waals surface area contributed by atoms with Crippen LogP contribution in [0.5, 0.6) is 0 Å². The normalized spacial score (nSPS) is 20.8. The van der Waals surface area contributed by atoms with Crippen molar-refractivity contribution in [2.45, 2.75) is 6.10 Å². The Bertz CT molecular complexity index is 345. The molecule has 0 aromatic carbocycles. The second-order valence-electron chi connectivity index (χ2n) is 3.64. The molecule has 1 aliphatic heterocycles. The van der Waals surface area contributed by atoms with Gasteiger partial charge in [0.2, 0.25) is 0 Å². The monoisotopic (exact) mass is 227 g/mol. The zero-order chi connectivity index (χ0) is 11.4. The molecule has 5 nitrogen and oxygen atoms in total. The summed E-state index contributed by atoms with van der Waals surface area (Å²) in [6, 6.07) is 0. The number of anilines is 1. The first kappa shape index (κ1) is 11.2. The molecule has 0 bridgehead atoms.